The number of imidazole rings is 1. The van der Waals surface area contributed by atoms with Gasteiger partial charge in [-0.25, -0.2) is 24.1 Å². The van der Waals surface area contributed by atoms with Gasteiger partial charge in [0.1, 0.15) is 22.5 Å². The topological polar surface area (TPSA) is 95.9 Å². The molecule has 0 unspecified atom stereocenters. The fraction of sp³-hybridized carbons (Fsp3) is 0.158. The Morgan fingerprint density at radius 1 is 1.14 bits per heavy atom. The van der Waals surface area contributed by atoms with Gasteiger partial charge in [-0.1, -0.05) is 12.1 Å². The molecule has 3 heterocycles. The summed E-state index contributed by atoms with van der Waals surface area (Å²) in [6.07, 6.45) is 3.65. The average Bonchev–Trinajstić information content (AvgIpc) is 3.34. The number of benzene rings is 1. The van der Waals surface area contributed by atoms with E-state index in [0.29, 0.717) is 34.8 Å². The van der Waals surface area contributed by atoms with Crippen molar-refractivity contribution in [3.05, 3.63) is 59.7 Å². The second-order valence-electron chi connectivity index (χ2n) is 6.03. The molecule has 7 nitrogen and oxygen atoms in total. The molecule has 0 fully saturated rings. The third-order valence-electron chi connectivity index (χ3n) is 4.14. The van der Waals surface area contributed by atoms with Crippen LogP contribution in [0.1, 0.15) is 16.1 Å². The molecule has 0 saturated heterocycles. The van der Waals surface area contributed by atoms with E-state index in [1.165, 1.54) is 29.8 Å². The number of rotatable bonds is 6. The Balaban J connectivity index is 1.32. The molecule has 0 aliphatic carbocycles. The minimum Gasteiger partial charge on any atom is -0.461 e. The van der Waals surface area contributed by atoms with Crippen molar-refractivity contribution in [3.63, 3.8) is 0 Å². The molecule has 0 bridgehead atoms. The van der Waals surface area contributed by atoms with Gasteiger partial charge in [0, 0.05) is 11.4 Å². The fourth-order valence-electron chi connectivity index (χ4n) is 2.75. The molecular weight excluding hydrogens is 381 g/mol. The first-order valence-corrected chi connectivity index (χ1v) is 9.37. The van der Waals surface area contributed by atoms with Crippen molar-refractivity contribution >= 4 is 34.3 Å². The Kier molecular flexibility index (Phi) is 4.98. The number of thiophene rings is 1. The summed E-state index contributed by atoms with van der Waals surface area (Å²) in [5.41, 5.74) is 7.84. The summed E-state index contributed by atoms with van der Waals surface area (Å²) in [6.45, 7) is 0.856. The van der Waals surface area contributed by atoms with Crippen molar-refractivity contribution in [2.24, 2.45) is 0 Å². The van der Waals surface area contributed by atoms with Crippen LogP contribution in [0, 0.1) is 5.82 Å². The van der Waals surface area contributed by atoms with E-state index in [1.54, 1.807) is 24.5 Å². The Labute approximate surface area is 163 Å². The number of aromatic nitrogens is 4. The number of nitrogens with two attached hydrogens (primary N) is 1. The molecule has 28 heavy (non-hydrogen) atoms. The first kappa shape index (κ1) is 18.1. The van der Waals surface area contributed by atoms with Gasteiger partial charge in [0.15, 0.2) is 11.5 Å². The highest BCUT2D eigenvalue weighted by Gasteiger charge is 2.12. The molecule has 4 rings (SSSR count). The number of halogens is 1. The average molecular weight is 397 g/mol. The van der Waals surface area contributed by atoms with E-state index in [2.05, 4.69) is 15.0 Å². The molecule has 0 spiro atoms. The number of hydrogen-bond acceptors (Lipinski definition) is 7. The van der Waals surface area contributed by atoms with Gasteiger partial charge < -0.3 is 15.0 Å². The van der Waals surface area contributed by atoms with Crippen LogP contribution in [0.3, 0.4) is 0 Å². The smallest absolute Gasteiger partial charge is 0.348 e. The van der Waals surface area contributed by atoms with Crippen molar-refractivity contribution in [1.29, 1.82) is 0 Å². The number of anilines is 1. The van der Waals surface area contributed by atoms with E-state index in [1.807, 2.05) is 10.6 Å². The number of carbonyl (C=O) groups excluding carboxylic acids is 1. The van der Waals surface area contributed by atoms with Gasteiger partial charge in [0.2, 0.25) is 0 Å². The van der Waals surface area contributed by atoms with E-state index < -0.39 is 0 Å². The highest BCUT2D eigenvalue weighted by molar-refractivity contribution is 7.17. The summed E-state index contributed by atoms with van der Waals surface area (Å²) in [5.74, 6) is -0.329. The highest BCUT2D eigenvalue weighted by atomic mass is 32.1. The summed E-state index contributed by atoms with van der Waals surface area (Å²) >= 11 is 1.32. The van der Waals surface area contributed by atoms with Crippen LogP contribution in [-0.2, 0) is 11.3 Å². The lowest BCUT2D eigenvalue weighted by atomic mass is 10.2. The third kappa shape index (κ3) is 3.70. The molecule has 9 heteroatoms. The highest BCUT2D eigenvalue weighted by Crippen LogP contribution is 2.28. The Morgan fingerprint density at radius 2 is 1.96 bits per heavy atom. The van der Waals surface area contributed by atoms with Gasteiger partial charge in [0.25, 0.3) is 0 Å². The van der Waals surface area contributed by atoms with Crippen LogP contribution in [0.15, 0.2) is 49.1 Å². The summed E-state index contributed by atoms with van der Waals surface area (Å²) in [7, 11) is 0. The monoisotopic (exact) mass is 397 g/mol. The van der Waals surface area contributed by atoms with E-state index >= 15 is 0 Å². The summed E-state index contributed by atoms with van der Waals surface area (Å²) in [5, 5.41) is 0. The predicted molar refractivity (Wildman–Crippen MR) is 104 cm³/mol. The van der Waals surface area contributed by atoms with E-state index in [4.69, 9.17) is 10.5 Å². The van der Waals surface area contributed by atoms with Crippen molar-refractivity contribution in [2.45, 2.75) is 13.0 Å². The van der Waals surface area contributed by atoms with Crippen molar-refractivity contribution in [2.75, 3.05) is 12.3 Å². The normalized spacial score (nSPS) is 11.0. The second-order valence-corrected chi connectivity index (χ2v) is 7.11. The first-order valence-electron chi connectivity index (χ1n) is 8.56. The van der Waals surface area contributed by atoms with Crippen LogP contribution in [0.4, 0.5) is 10.2 Å². The molecule has 0 aliphatic rings. The van der Waals surface area contributed by atoms with Gasteiger partial charge in [-0.3, -0.25) is 0 Å². The molecule has 3 aromatic heterocycles. The molecule has 0 atom stereocenters. The number of carbonyl (C=O) groups is 1. The molecule has 0 aliphatic heterocycles. The SMILES string of the molecule is Nc1ncnc2c1ncn2CCCOC(=O)c1ccc(-c2ccc(F)cc2)s1. The molecule has 0 amide bonds. The molecule has 4 aromatic rings. The molecule has 1 aromatic carbocycles. The largest absolute Gasteiger partial charge is 0.461 e. The van der Waals surface area contributed by atoms with Crippen LogP contribution < -0.4 is 5.73 Å². The van der Waals surface area contributed by atoms with Gasteiger partial charge in [-0.15, -0.1) is 11.3 Å². The van der Waals surface area contributed by atoms with Gasteiger partial charge >= 0.3 is 5.97 Å². The Hall–Kier alpha value is -3.33. The minimum atomic E-state index is -0.375. The van der Waals surface area contributed by atoms with Crippen molar-refractivity contribution < 1.29 is 13.9 Å². The lowest BCUT2D eigenvalue weighted by Gasteiger charge is -2.05. The quantitative estimate of drug-likeness (QED) is 0.395. The molecule has 0 saturated carbocycles. The predicted octanol–water partition coefficient (Wildman–Crippen LogP) is 3.52. The maximum Gasteiger partial charge on any atom is 0.348 e. The Morgan fingerprint density at radius 3 is 2.79 bits per heavy atom. The zero-order valence-corrected chi connectivity index (χ0v) is 15.5. The lowest BCUT2D eigenvalue weighted by Crippen LogP contribution is -2.07. The molecular formula is C19H16FN5O2S. The number of ether oxygens (including phenoxy) is 1. The number of esters is 1. The minimum absolute atomic E-state index is 0.267. The maximum atomic E-state index is 13.0. The number of aryl methyl sites for hydroxylation is 1. The standard InChI is InChI=1S/C19H16FN5O2S/c20-13-4-2-12(3-5-13)14-6-7-15(28-14)19(26)27-9-1-8-25-11-24-16-17(21)22-10-23-18(16)25/h2-7,10-11H,1,8-9H2,(H2,21,22,23). The van der Waals surface area contributed by atoms with Crippen LogP contribution in [0.2, 0.25) is 0 Å². The number of fused-ring (bicyclic) bond motifs is 1. The van der Waals surface area contributed by atoms with Crippen LogP contribution in [0.5, 0.6) is 0 Å². The van der Waals surface area contributed by atoms with Crippen molar-refractivity contribution in [1.82, 2.24) is 19.5 Å². The summed E-state index contributed by atoms with van der Waals surface area (Å²) in [4.78, 5) is 25.9. The summed E-state index contributed by atoms with van der Waals surface area (Å²) in [6, 6.07) is 9.70. The third-order valence-corrected chi connectivity index (χ3v) is 5.26. The van der Waals surface area contributed by atoms with Gasteiger partial charge in [-0.05, 0) is 36.2 Å². The zero-order valence-electron chi connectivity index (χ0n) is 14.7. The van der Waals surface area contributed by atoms with Crippen LogP contribution in [-0.4, -0.2) is 32.1 Å². The number of nitrogen functional groups attached to an aromatic ring is 1. The van der Waals surface area contributed by atoms with Crippen LogP contribution >= 0.6 is 11.3 Å². The molecule has 2 N–H and O–H groups in total. The molecule has 0 radical (unpaired) electrons. The first-order chi connectivity index (χ1) is 13.6. The maximum absolute atomic E-state index is 13.0. The number of nitrogens with zero attached hydrogens (tertiary/aromatic N) is 4. The number of hydrogen-bond donors (Lipinski definition) is 1. The summed E-state index contributed by atoms with van der Waals surface area (Å²) < 4.78 is 20.2. The van der Waals surface area contributed by atoms with E-state index in [-0.39, 0.29) is 18.4 Å². The van der Waals surface area contributed by atoms with Crippen molar-refractivity contribution in [3.8, 4) is 10.4 Å². The second kappa shape index (κ2) is 7.73. The lowest BCUT2D eigenvalue weighted by molar-refractivity contribution is 0.0502. The Bertz CT molecular complexity index is 1120. The van der Waals surface area contributed by atoms with Crippen LogP contribution in [0.25, 0.3) is 21.6 Å². The van der Waals surface area contributed by atoms with Gasteiger partial charge in [-0.2, -0.15) is 0 Å². The fourth-order valence-corrected chi connectivity index (χ4v) is 3.66. The molecule has 142 valence electrons. The van der Waals surface area contributed by atoms with E-state index in [0.717, 1.165) is 10.4 Å². The van der Waals surface area contributed by atoms with Gasteiger partial charge in [0.05, 0.1) is 12.9 Å². The zero-order chi connectivity index (χ0) is 19.5. The van der Waals surface area contributed by atoms with E-state index in [9.17, 15) is 9.18 Å².